The van der Waals surface area contributed by atoms with E-state index in [9.17, 15) is 5.11 Å². The number of β-amino-alcohol motifs (C(OH)–C–C–N with tert-alkyl or cyclic N) is 1. The standard InChI is InChI=1S/C21H32N2O2.2ClH/c24-21(16-25-15-19-13-17-6-7-18(19)12-17)14-22-8-10-23(11-9-22)20-4-2-1-3-5-20;;/h1-5,17-19,21,24H,6-16H2;2*1H. The van der Waals surface area contributed by atoms with Crippen LogP contribution in [0.3, 0.4) is 0 Å². The largest absolute Gasteiger partial charge is 0.389 e. The molecule has 4 atom stereocenters. The van der Waals surface area contributed by atoms with Crippen molar-refractivity contribution in [1.82, 2.24) is 4.90 Å². The second kappa shape index (κ2) is 10.9. The molecule has 1 aliphatic heterocycles. The second-order valence-electron chi connectivity index (χ2n) is 8.25. The number of halogens is 2. The molecular formula is C21H34Cl2N2O2. The Hall–Kier alpha value is -0.520. The molecule has 3 aliphatic rings. The van der Waals surface area contributed by atoms with Crippen LogP contribution in [-0.2, 0) is 4.74 Å². The van der Waals surface area contributed by atoms with Crippen molar-refractivity contribution in [2.45, 2.75) is 31.8 Å². The summed E-state index contributed by atoms with van der Waals surface area (Å²) in [5.41, 5.74) is 1.30. The van der Waals surface area contributed by atoms with Crippen LogP contribution in [0.1, 0.15) is 25.7 Å². The molecule has 0 aromatic heterocycles. The molecule has 27 heavy (non-hydrogen) atoms. The Morgan fingerprint density at radius 2 is 1.74 bits per heavy atom. The summed E-state index contributed by atoms with van der Waals surface area (Å²) >= 11 is 0. The molecule has 1 aromatic carbocycles. The first kappa shape index (κ1) is 22.8. The van der Waals surface area contributed by atoms with Crippen molar-refractivity contribution in [3.8, 4) is 0 Å². The molecule has 2 aliphatic carbocycles. The Morgan fingerprint density at radius 3 is 2.37 bits per heavy atom. The molecule has 1 aromatic rings. The molecule has 0 radical (unpaired) electrons. The number of nitrogens with zero attached hydrogens (tertiary/aromatic N) is 2. The van der Waals surface area contributed by atoms with Crippen molar-refractivity contribution < 1.29 is 9.84 Å². The van der Waals surface area contributed by atoms with Gasteiger partial charge < -0.3 is 14.7 Å². The third-order valence-electron chi connectivity index (χ3n) is 6.49. The number of fused-ring (bicyclic) bond motifs is 2. The highest BCUT2D eigenvalue weighted by atomic mass is 35.5. The number of benzene rings is 1. The average Bonchev–Trinajstić information content (AvgIpc) is 3.26. The monoisotopic (exact) mass is 416 g/mol. The van der Waals surface area contributed by atoms with E-state index < -0.39 is 0 Å². The summed E-state index contributed by atoms with van der Waals surface area (Å²) in [5, 5.41) is 10.3. The van der Waals surface area contributed by atoms with Gasteiger partial charge >= 0.3 is 0 Å². The zero-order valence-electron chi connectivity index (χ0n) is 16.0. The van der Waals surface area contributed by atoms with E-state index in [2.05, 4.69) is 40.1 Å². The maximum absolute atomic E-state index is 10.3. The summed E-state index contributed by atoms with van der Waals surface area (Å²) < 4.78 is 5.88. The van der Waals surface area contributed by atoms with Gasteiger partial charge in [-0.2, -0.15) is 0 Å². The number of hydrogen-bond donors (Lipinski definition) is 1. The van der Waals surface area contributed by atoms with Crippen LogP contribution in [0.4, 0.5) is 5.69 Å². The lowest BCUT2D eigenvalue weighted by atomic mass is 9.90. The molecular weight excluding hydrogens is 383 g/mol. The van der Waals surface area contributed by atoms with Crippen LogP contribution in [0.2, 0.25) is 0 Å². The first-order valence-electron chi connectivity index (χ1n) is 10.1. The van der Waals surface area contributed by atoms with Crippen molar-refractivity contribution >= 4 is 30.5 Å². The molecule has 1 saturated heterocycles. The first-order valence-corrected chi connectivity index (χ1v) is 10.1. The summed E-state index contributed by atoms with van der Waals surface area (Å²) in [6.07, 6.45) is 5.29. The Bertz CT molecular complexity index is 540. The lowest BCUT2D eigenvalue weighted by Gasteiger charge is -2.36. The zero-order valence-corrected chi connectivity index (χ0v) is 17.7. The van der Waals surface area contributed by atoms with Gasteiger partial charge in [0.15, 0.2) is 0 Å². The second-order valence-corrected chi connectivity index (χ2v) is 8.25. The fourth-order valence-electron chi connectivity index (χ4n) is 5.11. The van der Waals surface area contributed by atoms with E-state index in [-0.39, 0.29) is 30.9 Å². The zero-order chi connectivity index (χ0) is 17.1. The molecule has 1 N–H and O–H groups in total. The topological polar surface area (TPSA) is 35.9 Å². The predicted molar refractivity (Wildman–Crippen MR) is 115 cm³/mol. The van der Waals surface area contributed by atoms with Crippen molar-refractivity contribution in [2.75, 3.05) is 50.8 Å². The van der Waals surface area contributed by atoms with Gasteiger partial charge in [0, 0.05) is 45.0 Å². The van der Waals surface area contributed by atoms with E-state index in [0.29, 0.717) is 6.61 Å². The predicted octanol–water partition coefficient (Wildman–Crippen LogP) is 3.47. The number of aliphatic hydroxyl groups excluding tert-OH is 1. The number of rotatable bonds is 7. The molecule has 1 heterocycles. The van der Waals surface area contributed by atoms with Crippen LogP contribution in [0.25, 0.3) is 0 Å². The lowest BCUT2D eigenvalue weighted by Crippen LogP contribution is -2.49. The Kier molecular flexibility index (Phi) is 9.17. The Morgan fingerprint density at radius 1 is 1.00 bits per heavy atom. The minimum atomic E-state index is -0.359. The van der Waals surface area contributed by atoms with Crippen molar-refractivity contribution in [2.24, 2.45) is 17.8 Å². The lowest BCUT2D eigenvalue weighted by molar-refractivity contribution is -0.00274. The molecule has 154 valence electrons. The van der Waals surface area contributed by atoms with Gasteiger partial charge in [-0.3, -0.25) is 4.90 Å². The minimum absolute atomic E-state index is 0. The van der Waals surface area contributed by atoms with Gasteiger partial charge in [0.05, 0.1) is 12.7 Å². The number of ether oxygens (including phenoxy) is 1. The quantitative estimate of drug-likeness (QED) is 0.737. The van der Waals surface area contributed by atoms with Crippen molar-refractivity contribution in [3.05, 3.63) is 30.3 Å². The van der Waals surface area contributed by atoms with Gasteiger partial charge in [0.1, 0.15) is 0 Å². The Labute approximate surface area is 176 Å². The molecule has 2 bridgehead atoms. The van der Waals surface area contributed by atoms with E-state index in [1.807, 2.05) is 0 Å². The number of aliphatic hydroxyl groups is 1. The molecule has 0 spiro atoms. The minimum Gasteiger partial charge on any atom is -0.389 e. The van der Waals surface area contributed by atoms with E-state index in [1.165, 1.54) is 31.4 Å². The van der Waals surface area contributed by atoms with Gasteiger partial charge in [-0.15, -0.1) is 24.8 Å². The maximum atomic E-state index is 10.3. The maximum Gasteiger partial charge on any atom is 0.0900 e. The van der Waals surface area contributed by atoms with Gasteiger partial charge in [-0.05, 0) is 49.1 Å². The summed E-state index contributed by atoms with van der Waals surface area (Å²) in [5.74, 6) is 2.65. The van der Waals surface area contributed by atoms with Gasteiger partial charge in [-0.25, -0.2) is 0 Å². The van der Waals surface area contributed by atoms with Crippen LogP contribution < -0.4 is 4.90 Å². The average molecular weight is 417 g/mol. The highest BCUT2D eigenvalue weighted by Gasteiger charge is 2.39. The summed E-state index contributed by atoms with van der Waals surface area (Å²) in [6.45, 7) is 6.17. The normalized spacial score (nSPS) is 28.5. The van der Waals surface area contributed by atoms with Gasteiger partial charge in [0.2, 0.25) is 0 Å². The fraction of sp³-hybridized carbons (Fsp3) is 0.714. The van der Waals surface area contributed by atoms with Crippen LogP contribution >= 0.6 is 24.8 Å². The molecule has 4 rings (SSSR count). The summed E-state index contributed by atoms with van der Waals surface area (Å²) in [7, 11) is 0. The third-order valence-corrected chi connectivity index (χ3v) is 6.49. The van der Waals surface area contributed by atoms with Gasteiger partial charge in [0.25, 0.3) is 0 Å². The fourth-order valence-corrected chi connectivity index (χ4v) is 5.11. The van der Waals surface area contributed by atoms with Crippen molar-refractivity contribution in [1.29, 1.82) is 0 Å². The molecule has 6 heteroatoms. The summed E-state index contributed by atoms with van der Waals surface area (Å²) in [6, 6.07) is 10.6. The van der Waals surface area contributed by atoms with E-state index >= 15 is 0 Å². The molecule has 4 unspecified atom stereocenters. The van der Waals surface area contributed by atoms with E-state index in [1.54, 1.807) is 0 Å². The van der Waals surface area contributed by atoms with Crippen molar-refractivity contribution in [3.63, 3.8) is 0 Å². The molecule has 4 nitrogen and oxygen atoms in total. The number of anilines is 1. The number of hydrogen-bond acceptors (Lipinski definition) is 4. The van der Waals surface area contributed by atoms with Crippen LogP contribution in [0.15, 0.2) is 30.3 Å². The molecule has 3 fully saturated rings. The van der Waals surface area contributed by atoms with Crippen LogP contribution in [0.5, 0.6) is 0 Å². The van der Waals surface area contributed by atoms with E-state index in [4.69, 9.17) is 4.74 Å². The van der Waals surface area contributed by atoms with Crippen LogP contribution in [-0.4, -0.2) is 62.0 Å². The Balaban J connectivity index is 0.00000131. The third kappa shape index (κ3) is 5.98. The highest BCUT2D eigenvalue weighted by Crippen LogP contribution is 2.48. The van der Waals surface area contributed by atoms with E-state index in [0.717, 1.165) is 57.1 Å². The smallest absolute Gasteiger partial charge is 0.0900 e. The van der Waals surface area contributed by atoms with Gasteiger partial charge in [-0.1, -0.05) is 24.6 Å². The highest BCUT2D eigenvalue weighted by molar-refractivity contribution is 5.85. The number of piperazine rings is 1. The first-order chi connectivity index (χ1) is 12.3. The van der Waals surface area contributed by atoms with Crippen LogP contribution in [0, 0.1) is 17.8 Å². The summed E-state index contributed by atoms with van der Waals surface area (Å²) in [4.78, 5) is 4.79. The molecule has 2 saturated carbocycles. The SMILES string of the molecule is Cl.Cl.OC(COCC1CC2CCC1C2)CN1CCN(c2ccccc2)CC1. The number of para-hydroxylation sites is 1. The molecule has 0 amide bonds.